The smallest absolute Gasteiger partial charge is 0.261 e. The summed E-state index contributed by atoms with van der Waals surface area (Å²) in [6.45, 7) is 3.95. The Morgan fingerprint density at radius 2 is 1.67 bits per heavy atom. The molecular weight excluding hydrogens is 378 g/mol. The molecule has 30 heavy (non-hydrogen) atoms. The summed E-state index contributed by atoms with van der Waals surface area (Å²) in [6.07, 6.45) is -0.704. The maximum Gasteiger partial charge on any atom is 0.261 e. The molecule has 0 aliphatic rings. The van der Waals surface area contributed by atoms with Gasteiger partial charge < -0.3 is 14.8 Å². The van der Waals surface area contributed by atoms with Crippen molar-refractivity contribution in [2.75, 3.05) is 0 Å². The molecule has 5 heteroatoms. The van der Waals surface area contributed by atoms with Crippen molar-refractivity contribution in [3.05, 3.63) is 95.6 Å². The van der Waals surface area contributed by atoms with Crippen LogP contribution in [-0.2, 0) is 17.9 Å². The molecule has 1 atom stereocenters. The van der Waals surface area contributed by atoms with Gasteiger partial charge in [-0.15, -0.1) is 0 Å². The highest BCUT2D eigenvalue weighted by molar-refractivity contribution is 5.94. The van der Waals surface area contributed by atoms with Gasteiger partial charge in [0, 0.05) is 17.7 Å². The van der Waals surface area contributed by atoms with Crippen LogP contribution in [0.2, 0.25) is 0 Å². The molecule has 0 aromatic heterocycles. The molecule has 0 saturated heterocycles. The minimum Gasteiger partial charge on any atom is -0.489 e. The van der Waals surface area contributed by atoms with Crippen LogP contribution in [0.15, 0.2) is 78.9 Å². The third-order valence-corrected chi connectivity index (χ3v) is 4.59. The van der Waals surface area contributed by atoms with Crippen LogP contribution in [0.25, 0.3) is 0 Å². The molecule has 3 rings (SSSR count). The summed E-state index contributed by atoms with van der Waals surface area (Å²) in [5, 5.41) is 2.88. The Bertz CT molecular complexity index is 1000. The average molecular weight is 403 g/mol. The summed E-state index contributed by atoms with van der Waals surface area (Å²) < 4.78 is 11.6. The highest BCUT2D eigenvalue weighted by atomic mass is 16.5. The zero-order chi connectivity index (χ0) is 21.3. The van der Waals surface area contributed by atoms with Gasteiger partial charge in [-0.3, -0.25) is 9.59 Å². The van der Waals surface area contributed by atoms with E-state index in [9.17, 15) is 9.59 Å². The Morgan fingerprint density at radius 3 is 2.43 bits per heavy atom. The quantitative estimate of drug-likeness (QED) is 0.532. The molecule has 0 heterocycles. The van der Waals surface area contributed by atoms with Crippen LogP contribution < -0.4 is 14.8 Å². The third-order valence-electron chi connectivity index (χ3n) is 4.59. The average Bonchev–Trinajstić information content (AvgIpc) is 2.77. The monoisotopic (exact) mass is 403 g/mol. The number of para-hydroxylation sites is 1. The number of ether oxygens (including phenoxy) is 2. The predicted octanol–water partition coefficient (Wildman–Crippen LogP) is 4.55. The van der Waals surface area contributed by atoms with Crippen molar-refractivity contribution >= 4 is 11.7 Å². The Balaban J connectivity index is 1.56. The highest BCUT2D eigenvalue weighted by Gasteiger charge is 2.16. The van der Waals surface area contributed by atoms with Gasteiger partial charge in [0.05, 0.1) is 0 Å². The molecule has 0 bridgehead atoms. The second kappa shape index (κ2) is 10.3. The van der Waals surface area contributed by atoms with Gasteiger partial charge in [-0.2, -0.15) is 0 Å². The summed E-state index contributed by atoms with van der Waals surface area (Å²) in [6, 6.07) is 24.3. The van der Waals surface area contributed by atoms with Crippen molar-refractivity contribution in [3.63, 3.8) is 0 Å². The van der Waals surface area contributed by atoms with Gasteiger partial charge in [-0.1, -0.05) is 60.7 Å². The fraction of sp³-hybridized carbons (Fsp3) is 0.200. The molecule has 0 aliphatic carbocycles. The number of carbonyl (C=O) groups is 2. The lowest BCUT2D eigenvalue weighted by Gasteiger charge is -2.16. The third kappa shape index (κ3) is 5.95. The molecule has 3 aromatic rings. The Kier molecular flexibility index (Phi) is 7.22. The van der Waals surface area contributed by atoms with Crippen molar-refractivity contribution in [2.45, 2.75) is 33.1 Å². The number of benzene rings is 3. The van der Waals surface area contributed by atoms with E-state index < -0.39 is 6.10 Å². The van der Waals surface area contributed by atoms with E-state index in [0.717, 1.165) is 16.9 Å². The van der Waals surface area contributed by atoms with E-state index in [2.05, 4.69) is 5.32 Å². The fourth-order valence-corrected chi connectivity index (χ4v) is 2.90. The van der Waals surface area contributed by atoms with Crippen LogP contribution in [0.3, 0.4) is 0 Å². The second-order valence-corrected chi connectivity index (χ2v) is 6.94. The van der Waals surface area contributed by atoms with E-state index in [1.54, 1.807) is 31.2 Å². The molecule has 0 radical (unpaired) electrons. The number of ketones is 1. The van der Waals surface area contributed by atoms with Crippen LogP contribution >= 0.6 is 0 Å². The van der Waals surface area contributed by atoms with Gasteiger partial charge in [-0.05, 0) is 37.6 Å². The van der Waals surface area contributed by atoms with Gasteiger partial charge in [-0.25, -0.2) is 0 Å². The molecule has 1 unspecified atom stereocenters. The van der Waals surface area contributed by atoms with E-state index in [1.165, 1.54) is 6.92 Å². The maximum absolute atomic E-state index is 12.5. The number of Topliss-reactive ketones (excluding diaryl/α,β-unsaturated/α-hetero) is 1. The molecular formula is C25H25NO4. The first-order chi connectivity index (χ1) is 14.5. The van der Waals surface area contributed by atoms with Crippen LogP contribution in [0.4, 0.5) is 0 Å². The van der Waals surface area contributed by atoms with Gasteiger partial charge in [0.25, 0.3) is 5.91 Å². The minimum absolute atomic E-state index is 0.0512. The van der Waals surface area contributed by atoms with Crippen molar-refractivity contribution in [1.82, 2.24) is 5.32 Å². The first kappa shape index (κ1) is 21.1. The van der Waals surface area contributed by atoms with E-state index in [4.69, 9.17) is 9.47 Å². The van der Waals surface area contributed by atoms with E-state index >= 15 is 0 Å². The van der Waals surface area contributed by atoms with Gasteiger partial charge >= 0.3 is 0 Å². The lowest BCUT2D eigenvalue weighted by molar-refractivity contribution is -0.127. The van der Waals surface area contributed by atoms with Crippen molar-refractivity contribution in [2.24, 2.45) is 0 Å². The summed E-state index contributed by atoms with van der Waals surface area (Å²) in [5.41, 5.74) is 2.50. The summed E-state index contributed by atoms with van der Waals surface area (Å²) in [7, 11) is 0. The molecule has 154 valence electrons. The van der Waals surface area contributed by atoms with Crippen LogP contribution in [-0.4, -0.2) is 17.8 Å². The lowest BCUT2D eigenvalue weighted by atomic mass is 10.1. The van der Waals surface area contributed by atoms with Gasteiger partial charge in [0.1, 0.15) is 18.1 Å². The van der Waals surface area contributed by atoms with Gasteiger partial charge in [0.2, 0.25) is 0 Å². The first-order valence-electron chi connectivity index (χ1n) is 9.83. The zero-order valence-corrected chi connectivity index (χ0v) is 17.1. The molecule has 5 nitrogen and oxygen atoms in total. The fourth-order valence-electron chi connectivity index (χ4n) is 2.90. The summed E-state index contributed by atoms with van der Waals surface area (Å²) in [5.74, 6) is 0.909. The molecule has 1 N–H and O–H groups in total. The molecule has 0 aliphatic heterocycles. The molecule has 0 saturated carbocycles. The van der Waals surface area contributed by atoms with Crippen molar-refractivity contribution in [3.8, 4) is 11.5 Å². The topological polar surface area (TPSA) is 64.6 Å². The van der Waals surface area contributed by atoms with E-state index in [0.29, 0.717) is 24.5 Å². The maximum atomic E-state index is 12.5. The Labute approximate surface area is 176 Å². The molecule has 0 fully saturated rings. The number of rotatable bonds is 9. The lowest BCUT2D eigenvalue weighted by Crippen LogP contribution is -2.36. The largest absolute Gasteiger partial charge is 0.489 e. The normalized spacial score (nSPS) is 11.4. The van der Waals surface area contributed by atoms with E-state index in [-0.39, 0.29) is 11.7 Å². The van der Waals surface area contributed by atoms with Crippen LogP contribution in [0.1, 0.15) is 35.3 Å². The zero-order valence-electron chi connectivity index (χ0n) is 17.1. The van der Waals surface area contributed by atoms with Crippen LogP contribution in [0, 0.1) is 0 Å². The van der Waals surface area contributed by atoms with Gasteiger partial charge in [0.15, 0.2) is 11.9 Å². The summed E-state index contributed by atoms with van der Waals surface area (Å²) in [4.78, 5) is 24.0. The second-order valence-electron chi connectivity index (χ2n) is 6.94. The van der Waals surface area contributed by atoms with Crippen molar-refractivity contribution in [1.29, 1.82) is 0 Å². The number of nitrogens with one attached hydrogen (secondary N) is 1. The molecule has 0 spiro atoms. The molecule has 3 aromatic carbocycles. The highest BCUT2D eigenvalue weighted by Crippen LogP contribution is 2.20. The number of carbonyl (C=O) groups excluding carboxylic acids is 2. The number of hydrogen-bond acceptors (Lipinski definition) is 4. The molecule has 1 amide bonds. The first-order valence-corrected chi connectivity index (χ1v) is 9.83. The number of amides is 1. The SMILES string of the molecule is CC(=O)c1cccc(OC(C)C(=O)NCc2ccccc2OCc2ccccc2)c1. The van der Waals surface area contributed by atoms with Crippen molar-refractivity contribution < 1.29 is 19.1 Å². The Morgan fingerprint density at radius 1 is 0.933 bits per heavy atom. The predicted molar refractivity (Wildman–Crippen MR) is 116 cm³/mol. The summed E-state index contributed by atoms with van der Waals surface area (Å²) >= 11 is 0. The number of hydrogen-bond donors (Lipinski definition) is 1. The van der Waals surface area contributed by atoms with E-state index in [1.807, 2.05) is 54.6 Å². The minimum atomic E-state index is -0.704. The van der Waals surface area contributed by atoms with Crippen LogP contribution in [0.5, 0.6) is 11.5 Å². The Hall–Kier alpha value is -3.60. The standard InChI is InChI=1S/C25H25NO4/c1-18(27)21-12-8-13-23(15-21)30-19(2)25(28)26-16-22-11-6-7-14-24(22)29-17-20-9-4-3-5-10-20/h3-15,19H,16-17H2,1-2H3,(H,26,28).